The molecule has 0 spiro atoms. The number of nitrogens with zero attached hydrogens (tertiary/aromatic N) is 1. The third kappa shape index (κ3) is 4.08. The third-order valence-corrected chi connectivity index (χ3v) is 5.64. The zero-order chi connectivity index (χ0) is 15.3. The largest absolute Gasteiger partial charge is 0.447 e. The van der Waals surface area contributed by atoms with E-state index in [4.69, 9.17) is 4.42 Å². The van der Waals surface area contributed by atoms with E-state index in [1.54, 1.807) is 16.4 Å². The summed E-state index contributed by atoms with van der Waals surface area (Å²) in [7, 11) is -3.46. The van der Waals surface area contributed by atoms with Gasteiger partial charge in [-0.3, -0.25) is 0 Å². The van der Waals surface area contributed by atoms with Crippen molar-refractivity contribution in [3.63, 3.8) is 0 Å². The molecule has 21 heavy (non-hydrogen) atoms. The zero-order valence-corrected chi connectivity index (χ0v) is 13.8. The lowest BCUT2D eigenvalue weighted by molar-refractivity contribution is 0.377. The van der Waals surface area contributed by atoms with Crippen molar-refractivity contribution in [2.24, 2.45) is 5.92 Å². The Hall–Kier alpha value is -0.850. The summed E-state index contributed by atoms with van der Waals surface area (Å²) in [6.07, 6.45) is 4.19. The molecule has 6 heteroatoms. The van der Waals surface area contributed by atoms with Gasteiger partial charge in [-0.1, -0.05) is 20.3 Å². The molecule has 2 rings (SSSR count). The van der Waals surface area contributed by atoms with Crippen LogP contribution in [0.2, 0.25) is 0 Å². The molecular formula is C15H26N2O3S. The van der Waals surface area contributed by atoms with Crippen molar-refractivity contribution in [2.75, 3.05) is 19.6 Å². The van der Waals surface area contributed by atoms with Crippen molar-refractivity contribution in [3.05, 3.63) is 17.9 Å². The highest BCUT2D eigenvalue weighted by Crippen LogP contribution is 2.27. The Balaban J connectivity index is 2.00. The Labute approximate surface area is 127 Å². The fourth-order valence-electron chi connectivity index (χ4n) is 2.77. The first-order chi connectivity index (χ1) is 10.1. The number of hydrogen-bond acceptors (Lipinski definition) is 4. The fourth-order valence-corrected chi connectivity index (χ4v) is 4.23. The number of furan rings is 1. The van der Waals surface area contributed by atoms with Gasteiger partial charge in [-0.25, -0.2) is 8.42 Å². The molecule has 5 nitrogen and oxygen atoms in total. The number of sulfonamides is 1. The minimum absolute atomic E-state index is 0.0768. The Kier molecular flexibility index (Phi) is 5.84. The Morgan fingerprint density at radius 3 is 2.86 bits per heavy atom. The van der Waals surface area contributed by atoms with Crippen LogP contribution in [0.1, 0.15) is 45.3 Å². The molecule has 1 aromatic heterocycles. The van der Waals surface area contributed by atoms with Gasteiger partial charge in [0.05, 0.1) is 6.54 Å². The van der Waals surface area contributed by atoms with E-state index in [1.807, 2.05) is 0 Å². The van der Waals surface area contributed by atoms with E-state index in [1.165, 1.54) is 0 Å². The zero-order valence-electron chi connectivity index (χ0n) is 13.0. The van der Waals surface area contributed by atoms with E-state index in [0.29, 0.717) is 31.3 Å². The van der Waals surface area contributed by atoms with Crippen molar-refractivity contribution < 1.29 is 12.8 Å². The summed E-state index contributed by atoms with van der Waals surface area (Å²) >= 11 is 0. The monoisotopic (exact) mass is 314 g/mol. The molecule has 0 saturated carbocycles. The van der Waals surface area contributed by atoms with E-state index in [2.05, 4.69) is 19.2 Å². The normalized spacial score (nSPS) is 20.2. The molecule has 1 aliphatic heterocycles. The molecule has 0 bridgehead atoms. The van der Waals surface area contributed by atoms with Crippen molar-refractivity contribution in [2.45, 2.75) is 51.2 Å². The molecule has 1 saturated heterocycles. The summed E-state index contributed by atoms with van der Waals surface area (Å²) in [5.41, 5.74) is 0. The molecule has 1 N–H and O–H groups in total. The van der Waals surface area contributed by atoms with Crippen LogP contribution in [0.15, 0.2) is 21.6 Å². The highest BCUT2D eigenvalue weighted by Gasteiger charge is 2.34. The van der Waals surface area contributed by atoms with E-state index < -0.39 is 10.0 Å². The lowest BCUT2D eigenvalue weighted by Gasteiger charge is -2.14. The topological polar surface area (TPSA) is 62.6 Å². The standard InChI is InChI=1S/C15H26N2O3S/c1-3-5-13-8-10-17(12-13)21(18,19)15-7-6-14(20-15)11-16-9-4-2/h6-7,13,16H,3-5,8-12H2,1-2H3. The van der Waals surface area contributed by atoms with Gasteiger partial charge in [0.1, 0.15) is 5.76 Å². The van der Waals surface area contributed by atoms with Crippen molar-refractivity contribution in [3.8, 4) is 0 Å². The molecule has 2 heterocycles. The lowest BCUT2D eigenvalue weighted by atomic mass is 10.0. The number of hydrogen-bond donors (Lipinski definition) is 1. The third-order valence-electron chi connectivity index (χ3n) is 3.90. The van der Waals surface area contributed by atoms with Gasteiger partial charge in [0, 0.05) is 13.1 Å². The molecule has 1 fully saturated rings. The fraction of sp³-hybridized carbons (Fsp3) is 0.733. The van der Waals surface area contributed by atoms with Crippen LogP contribution in [0.25, 0.3) is 0 Å². The Morgan fingerprint density at radius 2 is 2.14 bits per heavy atom. The van der Waals surface area contributed by atoms with Crippen molar-refractivity contribution in [1.82, 2.24) is 9.62 Å². The van der Waals surface area contributed by atoms with Crippen LogP contribution in [0.5, 0.6) is 0 Å². The summed E-state index contributed by atoms with van der Waals surface area (Å²) in [5.74, 6) is 1.16. The van der Waals surface area contributed by atoms with Crippen LogP contribution >= 0.6 is 0 Å². The smallest absolute Gasteiger partial charge is 0.276 e. The summed E-state index contributed by atoms with van der Waals surface area (Å²) < 4.78 is 32.2. The predicted molar refractivity (Wildman–Crippen MR) is 82.5 cm³/mol. The van der Waals surface area contributed by atoms with Crippen LogP contribution in [0.4, 0.5) is 0 Å². The van der Waals surface area contributed by atoms with Crippen LogP contribution in [0.3, 0.4) is 0 Å². The molecule has 0 amide bonds. The quantitative estimate of drug-likeness (QED) is 0.749. The molecule has 1 aliphatic rings. The molecule has 0 aliphatic carbocycles. The second-order valence-electron chi connectivity index (χ2n) is 5.70. The molecule has 0 radical (unpaired) electrons. The van der Waals surface area contributed by atoms with Gasteiger partial charge in [-0.05, 0) is 43.9 Å². The Morgan fingerprint density at radius 1 is 1.33 bits per heavy atom. The lowest BCUT2D eigenvalue weighted by Crippen LogP contribution is -2.28. The van der Waals surface area contributed by atoms with Crippen molar-refractivity contribution >= 4 is 10.0 Å². The minimum atomic E-state index is -3.46. The molecule has 1 atom stereocenters. The summed E-state index contributed by atoms with van der Waals surface area (Å²) in [6.45, 7) is 6.93. The highest BCUT2D eigenvalue weighted by molar-refractivity contribution is 7.89. The van der Waals surface area contributed by atoms with Crippen LogP contribution in [-0.2, 0) is 16.6 Å². The van der Waals surface area contributed by atoms with Crippen LogP contribution in [-0.4, -0.2) is 32.4 Å². The van der Waals surface area contributed by atoms with Crippen molar-refractivity contribution in [1.29, 1.82) is 0 Å². The van der Waals surface area contributed by atoms with Gasteiger partial charge in [-0.2, -0.15) is 4.31 Å². The molecule has 1 unspecified atom stereocenters. The number of rotatable bonds is 8. The SMILES string of the molecule is CCCNCc1ccc(S(=O)(=O)N2CCC(CCC)C2)o1. The van der Waals surface area contributed by atoms with Crippen LogP contribution in [0, 0.1) is 5.92 Å². The van der Waals surface area contributed by atoms with E-state index in [9.17, 15) is 8.42 Å². The van der Waals surface area contributed by atoms with Gasteiger partial charge in [0.25, 0.3) is 10.0 Å². The second-order valence-corrected chi connectivity index (χ2v) is 7.57. The van der Waals surface area contributed by atoms with Gasteiger partial charge in [0.15, 0.2) is 0 Å². The summed E-state index contributed by atoms with van der Waals surface area (Å²) in [4.78, 5) is 0. The van der Waals surface area contributed by atoms with Gasteiger partial charge < -0.3 is 9.73 Å². The van der Waals surface area contributed by atoms with Crippen LogP contribution < -0.4 is 5.32 Å². The maximum atomic E-state index is 12.5. The average molecular weight is 314 g/mol. The van der Waals surface area contributed by atoms with E-state index in [0.717, 1.165) is 32.2 Å². The molecular weight excluding hydrogens is 288 g/mol. The van der Waals surface area contributed by atoms with Gasteiger partial charge >= 0.3 is 0 Å². The maximum Gasteiger partial charge on any atom is 0.276 e. The molecule has 1 aromatic rings. The first-order valence-corrected chi connectivity index (χ1v) is 9.31. The summed E-state index contributed by atoms with van der Waals surface area (Å²) in [6, 6.07) is 3.32. The predicted octanol–water partition coefficient (Wildman–Crippen LogP) is 2.59. The summed E-state index contributed by atoms with van der Waals surface area (Å²) in [5, 5.41) is 3.28. The maximum absolute atomic E-state index is 12.5. The highest BCUT2D eigenvalue weighted by atomic mass is 32.2. The van der Waals surface area contributed by atoms with Gasteiger partial charge in [-0.15, -0.1) is 0 Å². The van der Waals surface area contributed by atoms with Gasteiger partial charge in [0.2, 0.25) is 5.09 Å². The first-order valence-electron chi connectivity index (χ1n) is 7.87. The molecule has 120 valence electrons. The first kappa shape index (κ1) is 16.5. The second kappa shape index (κ2) is 7.42. The average Bonchev–Trinajstić information content (AvgIpc) is 3.09. The number of nitrogens with one attached hydrogen (secondary N) is 1. The van der Waals surface area contributed by atoms with E-state index >= 15 is 0 Å². The minimum Gasteiger partial charge on any atom is -0.447 e. The Bertz CT molecular complexity index is 539. The molecule has 0 aromatic carbocycles. The van der Waals surface area contributed by atoms with E-state index in [-0.39, 0.29) is 5.09 Å².